The standard InChI is InChI=1S/C17H20F2N4O3S/c1-11(2)27(26)22-5-3-21(4-6-22)15-10-20-23(17(25)16(15)24)14-8-12(18)7-13(19)9-14/h7-11,24H,3-6H2,1-2H3. The van der Waals surface area contributed by atoms with E-state index in [9.17, 15) is 23.2 Å². The molecule has 1 aromatic heterocycles. The molecule has 146 valence electrons. The molecule has 1 fully saturated rings. The van der Waals surface area contributed by atoms with Gasteiger partial charge in [0.15, 0.2) is 0 Å². The summed E-state index contributed by atoms with van der Waals surface area (Å²) in [6.45, 7) is 5.72. The van der Waals surface area contributed by atoms with Gasteiger partial charge in [-0.05, 0) is 26.0 Å². The number of aromatic hydroxyl groups is 1. The van der Waals surface area contributed by atoms with Gasteiger partial charge in [0.1, 0.15) is 22.6 Å². The van der Waals surface area contributed by atoms with Crippen LogP contribution in [0.2, 0.25) is 0 Å². The maximum absolute atomic E-state index is 13.4. The van der Waals surface area contributed by atoms with Crippen LogP contribution in [0.3, 0.4) is 0 Å². The third kappa shape index (κ3) is 4.07. The molecule has 0 bridgehead atoms. The Hall–Kier alpha value is -2.17. The second-order valence-corrected chi connectivity index (χ2v) is 8.48. The Morgan fingerprint density at radius 1 is 1.15 bits per heavy atom. The molecule has 3 rings (SSSR count). The van der Waals surface area contributed by atoms with E-state index in [1.165, 1.54) is 6.20 Å². The van der Waals surface area contributed by atoms with Crippen LogP contribution in [-0.4, -0.2) is 55.2 Å². The number of hydrogen-bond acceptors (Lipinski definition) is 6. The number of hydrogen-bond donors (Lipinski definition) is 1. The van der Waals surface area contributed by atoms with Gasteiger partial charge in [0.25, 0.3) is 0 Å². The van der Waals surface area contributed by atoms with Crippen LogP contribution < -0.4 is 10.5 Å². The summed E-state index contributed by atoms with van der Waals surface area (Å²) in [6, 6.07) is 2.59. The summed E-state index contributed by atoms with van der Waals surface area (Å²) in [6.07, 6.45) is 1.29. The summed E-state index contributed by atoms with van der Waals surface area (Å²) < 4.78 is 41.5. The van der Waals surface area contributed by atoms with Crippen molar-refractivity contribution in [1.29, 1.82) is 0 Å². The Balaban J connectivity index is 1.83. The van der Waals surface area contributed by atoms with Crippen LogP contribution in [0.15, 0.2) is 29.2 Å². The maximum Gasteiger partial charge on any atom is 0.315 e. The normalized spacial score (nSPS) is 16.7. The predicted octanol–water partition coefficient (Wildman–Crippen LogP) is 1.41. The van der Waals surface area contributed by atoms with Crippen LogP contribution in [-0.2, 0) is 11.4 Å². The Morgan fingerprint density at radius 3 is 2.30 bits per heavy atom. The highest BCUT2D eigenvalue weighted by molar-refractivity contribution is 7.89. The van der Waals surface area contributed by atoms with Crippen LogP contribution in [0, 0.1) is 11.6 Å². The van der Waals surface area contributed by atoms with Gasteiger partial charge in [-0.15, -0.1) is 4.31 Å². The van der Waals surface area contributed by atoms with Crippen molar-refractivity contribution < 1.29 is 18.4 Å². The van der Waals surface area contributed by atoms with E-state index in [4.69, 9.17) is 0 Å². The lowest BCUT2D eigenvalue weighted by Gasteiger charge is -2.36. The maximum atomic E-state index is 13.4. The lowest BCUT2D eigenvalue weighted by molar-refractivity contribution is 0.377. The largest absolute Gasteiger partial charge is 0.598 e. The molecule has 7 nitrogen and oxygen atoms in total. The zero-order valence-electron chi connectivity index (χ0n) is 14.9. The Morgan fingerprint density at radius 2 is 1.74 bits per heavy atom. The van der Waals surface area contributed by atoms with Crippen molar-refractivity contribution in [2.75, 3.05) is 31.1 Å². The van der Waals surface area contributed by atoms with Gasteiger partial charge in [-0.25, -0.2) is 8.78 Å². The third-order valence-electron chi connectivity index (χ3n) is 4.26. The second kappa shape index (κ2) is 7.83. The van der Waals surface area contributed by atoms with Crippen molar-refractivity contribution in [3.8, 4) is 11.4 Å². The predicted molar refractivity (Wildman–Crippen MR) is 98.5 cm³/mol. The number of benzene rings is 1. The third-order valence-corrected chi connectivity index (χ3v) is 5.94. The molecule has 0 radical (unpaired) electrons. The molecule has 1 atom stereocenters. The summed E-state index contributed by atoms with van der Waals surface area (Å²) in [5, 5.41) is 14.3. The molecule has 1 saturated heterocycles. The molecule has 1 unspecified atom stereocenters. The van der Waals surface area contributed by atoms with Gasteiger partial charge in [-0.1, -0.05) is 0 Å². The van der Waals surface area contributed by atoms with Gasteiger partial charge in [-0.3, -0.25) is 4.79 Å². The van der Waals surface area contributed by atoms with E-state index in [0.717, 1.165) is 16.8 Å². The summed E-state index contributed by atoms with van der Waals surface area (Å²) in [7, 11) is 0. The van der Waals surface area contributed by atoms with E-state index < -0.39 is 34.3 Å². The van der Waals surface area contributed by atoms with E-state index in [1.807, 2.05) is 18.2 Å². The highest BCUT2D eigenvalue weighted by Crippen LogP contribution is 2.25. The lowest BCUT2D eigenvalue weighted by Crippen LogP contribution is -2.50. The molecule has 2 heterocycles. The molecule has 0 saturated carbocycles. The van der Waals surface area contributed by atoms with Crippen molar-refractivity contribution in [3.63, 3.8) is 0 Å². The van der Waals surface area contributed by atoms with Crippen LogP contribution in [0.25, 0.3) is 5.69 Å². The summed E-state index contributed by atoms with van der Waals surface area (Å²) in [5.41, 5.74) is -0.745. The summed E-state index contributed by atoms with van der Waals surface area (Å²) in [5.74, 6) is -2.25. The summed E-state index contributed by atoms with van der Waals surface area (Å²) in [4.78, 5) is 14.2. The number of piperazine rings is 1. The minimum Gasteiger partial charge on any atom is -0.598 e. The molecule has 0 amide bonds. The van der Waals surface area contributed by atoms with Crippen LogP contribution in [0.4, 0.5) is 14.5 Å². The average molecular weight is 398 g/mol. The number of aromatic nitrogens is 2. The highest BCUT2D eigenvalue weighted by atomic mass is 32.2. The molecule has 0 spiro atoms. The van der Waals surface area contributed by atoms with E-state index in [1.54, 1.807) is 4.90 Å². The minimum absolute atomic E-state index is 0.0159. The first-order chi connectivity index (χ1) is 12.8. The van der Waals surface area contributed by atoms with Gasteiger partial charge in [0, 0.05) is 30.5 Å². The molecule has 1 N–H and O–H groups in total. The van der Waals surface area contributed by atoms with E-state index in [-0.39, 0.29) is 16.6 Å². The zero-order chi connectivity index (χ0) is 19.7. The molecule has 2 aromatic rings. The first-order valence-corrected chi connectivity index (χ1v) is 9.63. The van der Waals surface area contributed by atoms with Crippen molar-refractivity contribution in [2.24, 2.45) is 0 Å². The Kier molecular flexibility index (Phi) is 5.68. The molecule has 1 aromatic carbocycles. The SMILES string of the molecule is CC(C)[S+]([O-])N1CCN(c2cnn(-c3cc(F)cc(F)c3)c(=O)c2O)CC1. The van der Waals surface area contributed by atoms with Gasteiger partial charge < -0.3 is 14.6 Å². The fraction of sp³-hybridized carbons (Fsp3) is 0.412. The fourth-order valence-corrected chi connectivity index (χ4v) is 4.04. The quantitative estimate of drug-likeness (QED) is 0.784. The topological polar surface area (TPSA) is 84.7 Å². The monoisotopic (exact) mass is 398 g/mol. The number of nitrogens with zero attached hydrogens (tertiary/aromatic N) is 4. The van der Waals surface area contributed by atoms with Crippen LogP contribution in [0.5, 0.6) is 5.75 Å². The number of anilines is 1. The van der Waals surface area contributed by atoms with E-state index in [0.29, 0.717) is 32.2 Å². The first-order valence-electron chi connectivity index (χ1n) is 8.46. The average Bonchev–Trinajstić information content (AvgIpc) is 2.62. The van der Waals surface area contributed by atoms with E-state index in [2.05, 4.69) is 5.10 Å². The molecule has 1 aliphatic heterocycles. The van der Waals surface area contributed by atoms with Gasteiger partial charge >= 0.3 is 5.56 Å². The Labute approximate surface area is 158 Å². The number of rotatable bonds is 4. The first kappa shape index (κ1) is 19.6. The van der Waals surface area contributed by atoms with Crippen LogP contribution in [0.1, 0.15) is 13.8 Å². The van der Waals surface area contributed by atoms with Gasteiger partial charge in [0.2, 0.25) is 5.75 Å². The minimum atomic E-state index is -1.08. The molecule has 0 aliphatic carbocycles. The molecule has 10 heteroatoms. The second-order valence-electron chi connectivity index (χ2n) is 6.46. The number of halogens is 2. The van der Waals surface area contributed by atoms with Crippen molar-refractivity contribution >= 4 is 17.0 Å². The molecule has 1 aliphatic rings. The van der Waals surface area contributed by atoms with Crippen molar-refractivity contribution in [1.82, 2.24) is 14.1 Å². The fourth-order valence-electron chi connectivity index (χ4n) is 2.92. The van der Waals surface area contributed by atoms with Crippen LogP contribution >= 0.6 is 0 Å². The molecular weight excluding hydrogens is 378 g/mol. The molecule has 27 heavy (non-hydrogen) atoms. The van der Waals surface area contributed by atoms with Crippen molar-refractivity contribution in [3.05, 3.63) is 46.4 Å². The van der Waals surface area contributed by atoms with E-state index >= 15 is 0 Å². The van der Waals surface area contributed by atoms with Crippen molar-refractivity contribution in [2.45, 2.75) is 19.1 Å². The smallest absolute Gasteiger partial charge is 0.315 e. The zero-order valence-corrected chi connectivity index (χ0v) is 15.7. The molecular formula is C17H20F2N4O3S. The summed E-state index contributed by atoms with van der Waals surface area (Å²) >= 11 is -1.08. The van der Waals surface area contributed by atoms with Gasteiger partial charge in [-0.2, -0.15) is 9.78 Å². The highest BCUT2D eigenvalue weighted by Gasteiger charge is 2.29. The van der Waals surface area contributed by atoms with Gasteiger partial charge in [0.05, 0.1) is 25.0 Å². The lowest BCUT2D eigenvalue weighted by atomic mass is 10.3. The Bertz CT molecular complexity index is 865.